The first-order valence-corrected chi connectivity index (χ1v) is 6.93. The first kappa shape index (κ1) is 13.8. The van der Waals surface area contributed by atoms with Gasteiger partial charge in [0.25, 0.3) is 0 Å². The minimum Gasteiger partial charge on any atom is -0.303 e. The summed E-state index contributed by atoms with van der Waals surface area (Å²) >= 11 is 0. The van der Waals surface area contributed by atoms with Gasteiger partial charge in [-0.3, -0.25) is 4.68 Å². The van der Waals surface area contributed by atoms with E-state index in [0.29, 0.717) is 12.1 Å². The van der Waals surface area contributed by atoms with Crippen LogP contribution in [0.1, 0.15) is 49.2 Å². The zero-order chi connectivity index (χ0) is 13.8. The van der Waals surface area contributed by atoms with Crippen LogP contribution in [0.2, 0.25) is 0 Å². The minimum atomic E-state index is 0.304. The maximum absolute atomic E-state index is 4.32. The topological polar surface area (TPSA) is 29.9 Å². The van der Waals surface area contributed by atoms with Crippen LogP contribution >= 0.6 is 0 Å². The summed E-state index contributed by atoms with van der Waals surface area (Å²) in [6.45, 7) is 6.53. The van der Waals surface area contributed by atoms with Gasteiger partial charge in [-0.05, 0) is 25.8 Å². The molecule has 2 rings (SSSR count). The van der Waals surface area contributed by atoms with Crippen LogP contribution in [-0.2, 0) is 7.05 Å². The molecule has 0 spiro atoms. The predicted octanol–water partition coefficient (Wildman–Crippen LogP) is 3.53. The third kappa shape index (κ3) is 3.04. The Hall–Kier alpha value is -1.61. The molecule has 2 atom stereocenters. The van der Waals surface area contributed by atoms with Crippen LogP contribution in [0.15, 0.2) is 36.5 Å². The molecule has 2 aromatic rings. The van der Waals surface area contributed by atoms with E-state index < -0.39 is 0 Å². The van der Waals surface area contributed by atoms with Gasteiger partial charge in [-0.25, -0.2) is 0 Å². The summed E-state index contributed by atoms with van der Waals surface area (Å²) in [4.78, 5) is 0. The summed E-state index contributed by atoms with van der Waals surface area (Å²) in [6, 6.07) is 11.3. The normalized spacial score (nSPS) is 14.3. The number of nitrogens with zero attached hydrogens (tertiary/aromatic N) is 2. The van der Waals surface area contributed by atoms with Crippen LogP contribution in [0.25, 0.3) is 0 Å². The largest absolute Gasteiger partial charge is 0.303 e. The van der Waals surface area contributed by atoms with E-state index in [1.54, 1.807) is 0 Å². The van der Waals surface area contributed by atoms with Gasteiger partial charge >= 0.3 is 0 Å². The Morgan fingerprint density at radius 2 is 1.95 bits per heavy atom. The van der Waals surface area contributed by atoms with E-state index in [1.807, 2.05) is 17.9 Å². The molecule has 0 radical (unpaired) electrons. The number of hydrogen-bond donors (Lipinski definition) is 1. The van der Waals surface area contributed by atoms with Gasteiger partial charge in [0, 0.05) is 30.4 Å². The molecule has 0 fully saturated rings. The Balaban J connectivity index is 2.13. The summed E-state index contributed by atoms with van der Waals surface area (Å²) in [5, 5.41) is 8.02. The second-order valence-electron chi connectivity index (χ2n) is 5.07. The molecule has 0 bridgehead atoms. The Bertz CT molecular complexity index is 516. The van der Waals surface area contributed by atoms with Crippen molar-refractivity contribution in [3.05, 3.63) is 53.3 Å². The molecule has 19 heavy (non-hydrogen) atoms. The summed E-state index contributed by atoms with van der Waals surface area (Å²) in [6.07, 6.45) is 3.04. The van der Waals surface area contributed by atoms with E-state index in [4.69, 9.17) is 0 Å². The molecule has 3 nitrogen and oxygen atoms in total. The molecule has 0 aliphatic carbocycles. The average molecular weight is 257 g/mol. The van der Waals surface area contributed by atoms with Crippen molar-refractivity contribution in [3.63, 3.8) is 0 Å². The van der Waals surface area contributed by atoms with Gasteiger partial charge in [-0.1, -0.05) is 37.3 Å². The van der Waals surface area contributed by atoms with Crippen molar-refractivity contribution in [1.82, 2.24) is 15.1 Å². The Morgan fingerprint density at radius 1 is 1.26 bits per heavy atom. The molecule has 0 saturated heterocycles. The van der Waals surface area contributed by atoms with Crippen LogP contribution in [0.3, 0.4) is 0 Å². The fourth-order valence-corrected chi connectivity index (χ4v) is 2.47. The Kier molecular flexibility index (Phi) is 4.38. The van der Waals surface area contributed by atoms with Gasteiger partial charge in [0.1, 0.15) is 0 Å². The standard InChI is InChI=1S/C16H23N3/c1-5-16(14-9-7-6-8-10-14)18-12(2)15-11-17-19(4)13(15)3/h6-12,16,18H,5H2,1-4H3. The lowest BCUT2D eigenvalue weighted by molar-refractivity contribution is 0.455. The number of benzene rings is 1. The van der Waals surface area contributed by atoms with E-state index in [2.05, 4.69) is 61.5 Å². The van der Waals surface area contributed by atoms with Gasteiger partial charge in [0.2, 0.25) is 0 Å². The van der Waals surface area contributed by atoms with Crippen LogP contribution in [0, 0.1) is 6.92 Å². The monoisotopic (exact) mass is 257 g/mol. The third-order valence-electron chi connectivity index (χ3n) is 3.80. The van der Waals surface area contributed by atoms with Gasteiger partial charge < -0.3 is 5.32 Å². The first-order valence-electron chi connectivity index (χ1n) is 6.93. The fraction of sp³-hybridized carbons (Fsp3) is 0.438. The maximum atomic E-state index is 4.32. The van der Waals surface area contributed by atoms with Crippen molar-refractivity contribution in [3.8, 4) is 0 Å². The van der Waals surface area contributed by atoms with Gasteiger partial charge in [0.05, 0.1) is 6.20 Å². The quantitative estimate of drug-likeness (QED) is 0.888. The molecule has 1 heterocycles. The van der Waals surface area contributed by atoms with Crippen molar-refractivity contribution in [2.24, 2.45) is 7.05 Å². The number of aromatic nitrogens is 2. The maximum Gasteiger partial charge on any atom is 0.0540 e. The highest BCUT2D eigenvalue weighted by Gasteiger charge is 2.16. The summed E-state index contributed by atoms with van der Waals surface area (Å²) in [7, 11) is 1.99. The van der Waals surface area contributed by atoms with E-state index in [1.165, 1.54) is 16.8 Å². The first-order chi connectivity index (χ1) is 9.13. The van der Waals surface area contributed by atoms with E-state index in [-0.39, 0.29) is 0 Å². The molecule has 2 unspecified atom stereocenters. The van der Waals surface area contributed by atoms with E-state index in [0.717, 1.165) is 6.42 Å². The molecule has 0 aliphatic heterocycles. The van der Waals surface area contributed by atoms with Crippen LogP contribution in [0.4, 0.5) is 0 Å². The lowest BCUT2D eigenvalue weighted by atomic mass is 10.0. The number of aryl methyl sites for hydroxylation is 1. The number of hydrogen-bond acceptors (Lipinski definition) is 2. The zero-order valence-corrected chi connectivity index (χ0v) is 12.2. The Morgan fingerprint density at radius 3 is 2.47 bits per heavy atom. The highest BCUT2D eigenvalue weighted by atomic mass is 15.3. The van der Waals surface area contributed by atoms with E-state index in [9.17, 15) is 0 Å². The minimum absolute atomic E-state index is 0.304. The molecule has 1 N–H and O–H groups in total. The second-order valence-corrected chi connectivity index (χ2v) is 5.07. The van der Waals surface area contributed by atoms with Crippen molar-refractivity contribution < 1.29 is 0 Å². The summed E-state index contributed by atoms with van der Waals surface area (Å²) in [5.41, 5.74) is 3.85. The highest BCUT2D eigenvalue weighted by Crippen LogP contribution is 2.23. The predicted molar refractivity (Wildman–Crippen MR) is 79.0 cm³/mol. The smallest absolute Gasteiger partial charge is 0.0540 e. The van der Waals surface area contributed by atoms with Crippen LogP contribution in [0.5, 0.6) is 0 Å². The zero-order valence-electron chi connectivity index (χ0n) is 12.2. The molecular weight excluding hydrogens is 234 g/mol. The molecule has 0 amide bonds. The molecule has 0 saturated carbocycles. The third-order valence-corrected chi connectivity index (χ3v) is 3.80. The SMILES string of the molecule is CCC(NC(C)c1cnn(C)c1C)c1ccccc1. The van der Waals surface area contributed by atoms with Crippen molar-refractivity contribution in [1.29, 1.82) is 0 Å². The summed E-state index contributed by atoms with van der Waals surface area (Å²) in [5.74, 6) is 0. The Labute approximate surface area is 115 Å². The van der Waals surface area contributed by atoms with Gasteiger partial charge in [0.15, 0.2) is 0 Å². The van der Waals surface area contributed by atoms with Crippen LogP contribution in [-0.4, -0.2) is 9.78 Å². The number of nitrogens with one attached hydrogen (secondary N) is 1. The lowest BCUT2D eigenvalue weighted by Gasteiger charge is -2.22. The summed E-state index contributed by atoms with van der Waals surface area (Å²) < 4.78 is 1.93. The van der Waals surface area contributed by atoms with Gasteiger partial charge in [-0.15, -0.1) is 0 Å². The van der Waals surface area contributed by atoms with Crippen LogP contribution < -0.4 is 5.32 Å². The van der Waals surface area contributed by atoms with Crippen molar-refractivity contribution in [2.75, 3.05) is 0 Å². The molecular formula is C16H23N3. The van der Waals surface area contributed by atoms with Crippen molar-refractivity contribution in [2.45, 2.75) is 39.3 Å². The second kappa shape index (κ2) is 6.02. The molecule has 1 aromatic heterocycles. The van der Waals surface area contributed by atoms with Gasteiger partial charge in [-0.2, -0.15) is 5.10 Å². The van der Waals surface area contributed by atoms with Crippen molar-refractivity contribution >= 4 is 0 Å². The molecule has 3 heteroatoms. The average Bonchev–Trinajstić information content (AvgIpc) is 2.77. The number of rotatable bonds is 5. The molecule has 1 aromatic carbocycles. The molecule has 0 aliphatic rings. The van der Waals surface area contributed by atoms with E-state index >= 15 is 0 Å². The highest BCUT2D eigenvalue weighted by molar-refractivity contribution is 5.23. The fourth-order valence-electron chi connectivity index (χ4n) is 2.47. The molecule has 102 valence electrons. The lowest BCUT2D eigenvalue weighted by Crippen LogP contribution is -2.24.